The summed E-state index contributed by atoms with van der Waals surface area (Å²) in [5, 5.41) is 14.4. The van der Waals surface area contributed by atoms with Crippen LogP contribution in [-0.2, 0) is 9.59 Å². The molecule has 6 heteroatoms. The average molecular weight is 310 g/mol. The Labute approximate surface area is 129 Å². The molecule has 21 heavy (non-hydrogen) atoms. The van der Waals surface area contributed by atoms with Gasteiger partial charge in [-0.2, -0.15) is 0 Å². The molecule has 1 saturated heterocycles. The molecule has 2 rings (SSSR count). The number of hydrogen-bond acceptors (Lipinski definition) is 4. The lowest BCUT2D eigenvalue weighted by Crippen LogP contribution is -2.35. The molecule has 2 amide bonds. The van der Waals surface area contributed by atoms with E-state index < -0.39 is 0 Å². The molecule has 1 fully saturated rings. The molecule has 0 radical (unpaired) electrons. The number of carbonyl (C=O) groups is 2. The van der Waals surface area contributed by atoms with Crippen LogP contribution in [0.15, 0.2) is 17.5 Å². The number of rotatable bonds is 5. The fourth-order valence-electron chi connectivity index (χ4n) is 2.67. The zero-order chi connectivity index (χ0) is 15.4. The van der Waals surface area contributed by atoms with Crippen LogP contribution in [0.2, 0.25) is 0 Å². The zero-order valence-corrected chi connectivity index (χ0v) is 13.2. The van der Waals surface area contributed by atoms with E-state index in [9.17, 15) is 14.7 Å². The van der Waals surface area contributed by atoms with Crippen LogP contribution in [0.4, 0.5) is 0 Å². The van der Waals surface area contributed by atoms with Gasteiger partial charge in [-0.25, -0.2) is 0 Å². The fourth-order valence-corrected chi connectivity index (χ4v) is 3.45. The summed E-state index contributed by atoms with van der Waals surface area (Å²) in [4.78, 5) is 26.5. The van der Waals surface area contributed by atoms with Crippen LogP contribution in [0.1, 0.15) is 37.6 Å². The van der Waals surface area contributed by atoms with E-state index >= 15 is 0 Å². The first-order chi connectivity index (χ1) is 9.97. The van der Waals surface area contributed by atoms with Gasteiger partial charge >= 0.3 is 0 Å². The van der Waals surface area contributed by atoms with Gasteiger partial charge in [0.1, 0.15) is 0 Å². The van der Waals surface area contributed by atoms with Crippen molar-refractivity contribution in [3.8, 4) is 0 Å². The number of aliphatic hydroxyl groups excluding tert-OH is 1. The molecule has 2 N–H and O–H groups in total. The quantitative estimate of drug-likeness (QED) is 0.867. The van der Waals surface area contributed by atoms with Crippen molar-refractivity contribution in [2.45, 2.75) is 38.8 Å². The number of nitrogens with one attached hydrogen (secondary N) is 1. The van der Waals surface area contributed by atoms with E-state index in [-0.39, 0.29) is 36.3 Å². The van der Waals surface area contributed by atoms with Gasteiger partial charge in [0.25, 0.3) is 0 Å². The maximum atomic E-state index is 12.4. The average Bonchev–Trinajstić information content (AvgIpc) is 3.09. The standard InChI is InChI=1S/C15H22N2O3S/c1-10(18)12-5-6-17(9-12)15(20)8-13(16-11(2)19)14-4-3-7-21-14/h3-4,7,10,12-13,18H,5-6,8-9H2,1-2H3,(H,16,19). The van der Waals surface area contributed by atoms with Crippen LogP contribution in [0.5, 0.6) is 0 Å². The van der Waals surface area contributed by atoms with Crippen molar-refractivity contribution in [2.75, 3.05) is 13.1 Å². The van der Waals surface area contributed by atoms with Crippen LogP contribution in [0, 0.1) is 5.92 Å². The predicted molar refractivity (Wildman–Crippen MR) is 81.9 cm³/mol. The lowest BCUT2D eigenvalue weighted by molar-refractivity contribution is -0.131. The molecule has 116 valence electrons. The highest BCUT2D eigenvalue weighted by Gasteiger charge is 2.30. The first kappa shape index (κ1) is 16.0. The Kier molecular flexibility index (Phi) is 5.36. The summed E-state index contributed by atoms with van der Waals surface area (Å²) in [6.45, 7) is 4.52. The normalized spacial score (nSPS) is 21.1. The predicted octanol–water partition coefficient (Wildman–Crippen LogP) is 1.54. The second kappa shape index (κ2) is 7.04. The van der Waals surface area contributed by atoms with Gasteiger partial charge in [-0.1, -0.05) is 6.07 Å². The van der Waals surface area contributed by atoms with Gasteiger partial charge in [-0.3, -0.25) is 9.59 Å². The van der Waals surface area contributed by atoms with Crippen LogP contribution in [-0.4, -0.2) is 41.0 Å². The van der Waals surface area contributed by atoms with Gasteiger partial charge < -0.3 is 15.3 Å². The molecule has 0 bridgehead atoms. The van der Waals surface area contributed by atoms with Gasteiger partial charge in [0.15, 0.2) is 0 Å². The molecule has 1 aliphatic heterocycles. The van der Waals surface area contributed by atoms with E-state index in [1.165, 1.54) is 18.3 Å². The topological polar surface area (TPSA) is 69.6 Å². The third kappa shape index (κ3) is 4.28. The Morgan fingerprint density at radius 2 is 2.33 bits per heavy atom. The van der Waals surface area contributed by atoms with E-state index in [4.69, 9.17) is 0 Å². The van der Waals surface area contributed by atoms with Crippen LogP contribution in [0.25, 0.3) is 0 Å². The van der Waals surface area contributed by atoms with E-state index in [0.29, 0.717) is 13.1 Å². The number of aliphatic hydroxyl groups is 1. The molecule has 3 unspecified atom stereocenters. The van der Waals surface area contributed by atoms with Gasteiger partial charge in [0.2, 0.25) is 11.8 Å². The van der Waals surface area contributed by atoms with E-state index in [1.54, 1.807) is 11.8 Å². The minimum atomic E-state index is -0.383. The minimum Gasteiger partial charge on any atom is -0.393 e. The largest absolute Gasteiger partial charge is 0.393 e. The summed E-state index contributed by atoms with van der Waals surface area (Å²) >= 11 is 1.54. The maximum Gasteiger partial charge on any atom is 0.225 e. The van der Waals surface area contributed by atoms with E-state index in [1.807, 2.05) is 17.5 Å². The first-order valence-electron chi connectivity index (χ1n) is 7.23. The summed E-state index contributed by atoms with van der Waals surface area (Å²) in [5.74, 6) is 0.0599. The molecular formula is C15H22N2O3S. The summed E-state index contributed by atoms with van der Waals surface area (Å²) in [5.41, 5.74) is 0. The van der Waals surface area contributed by atoms with Crippen molar-refractivity contribution in [1.29, 1.82) is 0 Å². The van der Waals surface area contributed by atoms with Gasteiger partial charge in [0.05, 0.1) is 18.6 Å². The molecule has 0 aliphatic carbocycles. The number of likely N-dealkylation sites (tertiary alicyclic amines) is 1. The summed E-state index contributed by atoms with van der Waals surface area (Å²) in [7, 11) is 0. The molecule has 1 aromatic heterocycles. The summed E-state index contributed by atoms with van der Waals surface area (Å²) in [6, 6.07) is 3.58. The highest BCUT2D eigenvalue weighted by molar-refractivity contribution is 7.10. The smallest absolute Gasteiger partial charge is 0.225 e. The summed E-state index contributed by atoms with van der Waals surface area (Å²) < 4.78 is 0. The van der Waals surface area contributed by atoms with E-state index in [2.05, 4.69) is 5.32 Å². The Morgan fingerprint density at radius 3 is 2.86 bits per heavy atom. The molecule has 0 saturated carbocycles. The second-order valence-electron chi connectivity index (χ2n) is 5.60. The van der Waals surface area contributed by atoms with Gasteiger partial charge in [-0.15, -0.1) is 11.3 Å². The first-order valence-corrected chi connectivity index (χ1v) is 8.11. The number of thiophene rings is 1. The van der Waals surface area contributed by atoms with E-state index in [0.717, 1.165) is 11.3 Å². The SMILES string of the molecule is CC(=O)NC(CC(=O)N1CCC(C(C)O)C1)c1cccs1. The number of carbonyl (C=O) groups excluding carboxylic acids is 2. The molecular weight excluding hydrogens is 288 g/mol. The zero-order valence-electron chi connectivity index (χ0n) is 12.4. The Bertz CT molecular complexity index is 487. The third-order valence-electron chi connectivity index (χ3n) is 3.90. The lowest BCUT2D eigenvalue weighted by atomic mass is 10.0. The lowest BCUT2D eigenvalue weighted by Gasteiger charge is -2.22. The molecule has 1 aromatic rings. The van der Waals surface area contributed by atoms with Crippen molar-refractivity contribution in [3.63, 3.8) is 0 Å². The fraction of sp³-hybridized carbons (Fsp3) is 0.600. The molecule has 1 aliphatic rings. The van der Waals surface area contributed by atoms with Crippen LogP contribution in [0.3, 0.4) is 0 Å². The van der Waals surface area contributed by atoms with Crippen molar-refractivity contribution < 1.29 is 14.7 Å². The van der Waals surface area contributed by atoms with Crippen LogP contribution >= 0.6 is 11.3 Å². The Balaban J connectivity index is 1.97. The van der Waals surface area contributed by atoms with Crippen LogP contribution < -0.4 is 5.32 Å². The Morgan fingerprint density at radius 1 is 1.57 bits per heavy atom. The van der Waals surface area contributed by atoms with Gasteiger partial charge in [0, 0.05) is 30.8 Å². The van der Waals surface area contributed by atoms with Gasteiger partial charge in [-0.05, 0) is 24.8 Å². The molecule has 2 heterocycles. The maximum absolute atomic E-state index is 12.4. The van der Waals surface area contributed by atoms with Crippen molar-refractivity contribution in [2.24, 2.45) is 5.92 Å². The highest BCUT2D eigenvalue weighted by atomic mass is 32.1. The number of nitrogens with zero attached hydrogens (tertiary/aromatic N) is 1. The Hall–Kier alpha value is -1.40. The summed E-state index contributed by atoms with van der Waals surface area (Å²) in [6.07, 6.45) is 0.728. The number of hydrogen-bond donors (Lipinski definition) is 2. The molecule has 3 atom stereocenters. The number of amides is 2. The minimum absolute atomic E-state index is 0.0327. The third-order valence-corrected chi connectivity index (χ3v) is 4.89. The highest BCUT2D eigenvalue weighted by Crippen LogP contribution is 2.25. The second-order valence-corrected chi connectivity index (χ2v) is 6.58. The van der Waals surface area contributed by atoms with Crippen molar-refractivity contribution in [1.82, 2.24) is 10.2 Å². The molecule has 0 aromatic carbocycles. The van der Waals surface area contributed by atoms with Crippen molar-refractivity contribution in [3.05, 3.63) is 22.4 Å². The molecule has 0 spiro atoms. The monoisotopic (exact) mass is 310 g/mol. The van der Waals surface area contributed by atoms with Crippen molar-refractivity contribution >= 4 is 23.2 Å². The molecule has 5 nitrogen and oxygen atoms in total.